The molecule has 0 bridgehead atoms. The Morgan fingerprint density at radius 3 is 2.58 bits per heavy atom. The molecular weight excluding hydrogens is 274 g/mol. The topological polar surface area (TPSA) is 107 Å². The number of rotatable bonds is 6. The first-order valence-corrected chi connectivity index (χ1v) is 7.30. The first-order chi connectivity index (χ1) is 8.77. The van der Waals surface area contributed by atoms with Gasteiger partial charge in [-0.15, -0.1) is 0 Å². The van der Waals surface area contributed by atoms with Crippen LogP contribution >= 0.6 is 0 Å². The largest absolute Gasteiger partial charge is 0.390 e. The molecule has 1 aromatic rings. The van der Waals surface area contributed by atoms with Crippen molar-refractivity contribution >= 4 is 15.5 Å². The monoisotopic (exact) mass is 289 g/mol. The zero-order chi connectivity index (χ0) is 14.6. The number of nitrogens with zero attached hydrogens (tertiary/aromatic N) is 1. The van der Waals surface area contributed by atoms with E-state index in [9.17, 15) is 23.6 Å². The minimum Gasteiger partial charge on any atom is -0.390 e. The summed E-state index contributed by atoms with van der Waals surface area (Å²) in [7, 11) is -2.31. The molecule has 106 valence electrons. The maximum absolute atomic E-state index is 11.5. The Bertz CT molecular complexity index is 569. The highest BCUT2D eigenvalue weighted by Crippen LogP contribution is 2.28. The van der Waals surface area contributed by atoms with Crippen molar-refractivity contribution in [3.05, 3.63) is 33.9 Å². The van der Waals surface area contributed by atoms with Crippen LogP contribution in [-0.4, -0.2) is 44.5 Å². The lowest BCUT2D eigenvalue weighted by Gasteiger charge is -2.11. The van der Waals surface area contributed by atoms with Crippen LogP contribution in [0.4, 0.5) is 5.69 Å². The molecule has 0 aliphatic carbocycles. The van der Waals surface area contributed by atoms with Gasteiger partial charge in [-0.2, -0.15) is 0 Å². The average molecular weight is 289 g/mol. The molecule has 0 radical (unpaired) electrons. The Labute approximate surface area is 110 Å². The van der Waals surface area contributed by atoms with Crippen LogP contribution in [0.25, 0.3) is 0 Å². The Balaban J connectivity index is 3.29. The number of aliphatic hydroxyl groups excluding tert-OH is 1. The number of hydrogen-bond donors (Lipinski definition) is 1. The fraction of sp³-hybridized carbons (Fsp3) is 0.455. The first-order valence-electron chi connectivity index (χ1n) is 5.40. The summed E-state index contributed by atoms with van der Waals surface area (Å²) in [6, 6.07) is 4.02. The number of hydrogen-bond acceptors (Lipinski definition) is 6. The Morgan fingerprint density at radius 1 is 1.47 bits per heavy atom. The Hall–Kier alpha value is -1.51. The summed E-state index contributed by atoms with van der Waals surface area (Å²) in [6.07, 6.45) is -0.0726. The van der Waals surface area contributed by atoms with Gasteiger partial charge in [0, 0.05) is 25.3 Å². The summed E-state index contributed by atoms with van der Waals surface area (Å²) >= 11 is 0. The van der Waals surface area contributed by atoms with E-state index in [1.807, 2.05) is 0 Å². The molecule has 0 spiro atoms. The third kappa shape index (κ3) is 3.98. The molecule has 1 N–H and O–H groups in total. The third-order valence-corrected chi connectivity index (χ3v) is 3.61. The normalized spacial score (nSPS) is 13.2. The van der Waals surface area contributed by atoms with Gasteiger partial charge in [-0.25, -0.2) is 8.42 Å². The van der Waals surface area contributed by atoms with Gasteiger partial charge in [0.05, 0.1) is 17.6 Å². The van der Waals surface area contributed by atoms with Crippen molar-refractivity contribution in [3.63, 3.8) is 0 Å². The van der Waals surface area contributed by atoms with E-state index < -0.39 is 26.6 Å². The van der Waals surface area contributed by atoms with E-state index in [4.69, 9.17) is 4.74 Å². The van der Waals surface area contributed by atoms with Crippen LogP contribution in [0.1, 0.15) is 5.56 Å². The molecule has 0 saturated carbocycles. The predicted octanol–water partition coefficient (Wildman–Crippen LogP) is 0.548. The summed E-state index contributed by atoms with van der Waals surface area (Å²) in [5.74, 6) is 0. The van der Waals surface area contributed by atoms with Gasteiger partial charge < -0.3 is 9.84 Å². The molecule has 19 heavy (non-hydrogen) atoms. The van der Waals surface area contributed by atoms with Crippen LogP contribution in [0.15, 0.2) is 23.1 Å². The zero-order valence-corrected chi connectivity index (χ0v) is 11.4. The van der Waals surface area contributed by atoms with Gasteiger partial charge in [-0.3, -0.25) is 10.1 Å². The molecule has 7 nitrogen and oxygen atoms in total. The average Bonchev–Trinajstić information content (AvgIpc) is 2.27. The molecule has 1 rings (SSSR count). The van der Waals surface area contributed by atoms with Gasteiger partial charge in [0.25, 0.3) is 5.69 Å². The second-order valence-electron chi connectivity index (χ2n) is 4.11. The highest BCUT2D eigenvalue weighted by Gasteiger charge is 2.26. The fourth-order valence-electron chi connectivity index (χ4n) is 1.74. The summed E-state index contributed by atoms with van der Waals surface area (Å²) in [5.41, 5.74) is -0.322. The van der Waals surface area contributed by atoms with Gasteiger partial charge >= 0.3 is 0 Å². The number of nitro benzene ring substituents is 1. The van der Waals surface area contributed by atoms with E-state index in [1.165, 1.54) is 25.3 Å². The second-order valence-corrected chi connectivity index (χ2v) is 6.09. The maximum atomic E-state index is 11.5. The lowest BCUT2D eigenvalue weighted by molar-refractivity contribution is -0.388. The van der Waals surface area contributed by atoms with Crippen LogP contribution in [0, 0.1) is 10.1 Å². The molecule has 0 fully saturated rings. The first kappa shape index (κ1) is 15.5. The molecule has 1 atom stereocenters. The number of sulfone groups is 1. The summed E-state index contributed by atoms with van der Waals surface area (Å²) in [6.45, 7) is 0.0141. The Kier molecular flexibility index (Phi) is 4.98. The molecule has 0 heterocycles. The smallest absolute Gasteiger partial charge is 0.291 e. The Morgan fingerprint density at radius 2 is 2.11 bits per heavy atom. The van der Waals surface area contributed by atoms with Crippen molar-refractivity contribution in [2.45, 2.75) is 17.4 Å². The lowest BCUT2D eigenvalue weighted by Crippen LogP contribution is -2.18. The number of aliphatic hydroxyl groups is 1. The maximum Gasteiger partial charge on any atom is 0.291 e. The van der Waals surface area contributed by atoms with Gasteiger partial charge in [0.1, 0.15) is 4.90 Å². The molecule has 0 amide bonds. The molecular formula is C11H15NO6S. The number of nitro groups is 1. The van der Waals surface area contributed by atoms with E-state index in [2.05, 4.69) is 0 Å². The highest BCUT2D eigenvalue weighted by atomic mass is 32.2. The van der Waals surface area contributed by atoms with Crippen LogP contribution in [-0.2, 0) is 21.0 Å². The minimum atomic E-state index is -3.70. The van der Waals surface area contributed by atoms with Crippen LogP contribution in [0.2, 0.25) is 0 Å². The van der Waals surface area contributed by atoms with Crippen molar-refractivity contribution in [1.29, 1.82) is 0 Å². The molecule has 0 aliphatic rings. The molecule has 0 aliphatic heterocycles. The van der Waals surface area contributed by atoms with E-state index >= 15 is 0 Å². The number of ether oxygens (including phenoxy) is 1. The SMILES string of the molecule is COCC(O)Cc1cccc(S(C)(=O)=O)c1[N+](=O)[O-]. The van der Waals surface area contributed by atoms with Crippen LogP contribution < -0.4 is 0 Å². The number of benzene rings is 1. The van der Waals surface area contributed by atoms with Crippen molar-refractivity contribution in [2.24, 2.45) is 0 Å². The summed E-state index contributed by atoms with van der Waals surface area (Å²) in [4.78, 5) is 9.96. The molecule has 0 saturated heterocycles. The van der Waals surface area contributed by atoms with E-state index in [-0.39, 0.29) is 23.5 Å². The molecule has 1 aromatic carbocycles. The molecule has 0 aromatic heterocycles. The van der Waals surface area contributed by atoms with Gasteiger partial charge in [-0.05, 0) is 6.07 Å². The second kappa shape index (κ2) is 6.09. The van der Waals surface area contributed by atoms with Crippen molar-refractivity contribution in [2.75, 3.05) is 20.0 Å². The third-order valence-electron chi connectivity index (χ3n) is 2.48. The fourth-order valence-corrected chi connectivity index (χ4v) is 2.63. The highest BCUT2D eigenvalue weighted by molar-refractivity contribution is 7.90. The number of methoxy groups -OCH3 is 1. The van der Waals surface area contributed by atoms with Gasteiger partial charge in [-0.1, -0.05) is 12.1 Å². The zero-order valence-electron chi connectivity index (χ0n) is 10.6. The van der Waals surface area contributed by atoms with Crippen LogP contribution in [0.5, 0.6) is 0 Å². The van der Waals surface area contributed by atoms with Gasteiger partial charge in [0.15, 0.2) is 9.84 Å². The lowest BCUT2D eigenvalue weighted by atomic mass is 10.1. The minimum absolute atomic E-state index is 0.0141. The van der Waals surface area contributed by atoms with Crippen molar-refractivity contribution < 1.29 is 23.2 Å². The van der Waals surface area contributed by atoms with E-state index in [1.54, 1.807) is 0 Å². The standard InChI is InChI=1S/C11H15NO6S/c1-18-7-9(13)6-8-4-3-5-10(19(2,16)17)11(8)12(14)15/h3-5,9,13H,6-7H2,1-2H3. The van der Waals surface area contributed by atoms with Crippen LogP contribution in [0.3, 0.4) is 0 Å². The number of para-hydroxylation sites is 1. The van der Waals surface area contributed by atoms with Gasteiger partial charge in [0.2, 0.25) is 0 Å². The quantitative estimate of drug-likeness (QED) is 0.605. The summed E-state index contributed by atoms with van der Waals surface area (Å²) < 4.78 is 27.8. The van der Waals surface area contributed by atoms with E-state index in [0.717, 1.165) is 6.26 Å². The van der Waals surface area contributed by atoms with E-state index in [0.29, 0.717) is 0 Å². The molecule has 8 heteroatoms. The van der Waals surface area contributed by atoms with Crippen molar-refractivity contribution in [3.8, 4) is 0 Å². The predicted molar refractivity (Wildman–Crippen MR) is 67.8 cm³/mol. The molecule has 1 unspecified atom stereocenters. The van der Waals surface area contributed by atoms with Crippen molar-refractivity contribution in [1.82, 2.24) is 0 Å². The summed E-state index contributed by atoms with van der Waals surface area (Å²) in [5, 5.41) is 20.7.